The van der Waals surface area contributed by atoms with Gasteiger partial charge in [0.15, 0.2) is 9.84 Å². The van der Waals surface area contributed by atoms with Crippen LogP contribution in [0, 0.1) is 5.92 Å². The summed E-state index contributed by atoms with van der Waals surface area (Å²) in [5.74, 6) is -0.589. The zero-order valence-corrected chi connectivity index (χ0v) is 20.7. The van der Waals surface area contributed by atoms with Crippen LogP contribution in [0.1, 0.15) is 49.5 Å². The topological polar surface area (TPSA) is 79.2 Å². The Balaban J connectivity index is 1.81. The second-order valence-electron chi connectivity index (χ2n) is 8.92. The van der Waals surface area contributed by atoms with E-state index in [2.05, 4.69) is 16.7 Å². The van der Waals surface area contributed by atoms with Gasteiger partial charge >= 0.3 is 6.18 Å². The predicted octanol–water partition coefficient (Wildman–Crippen LogP) is 5.86. The normalized spacial score (nSPS) is 16.0. The van der Waals surface area contributed by atoms with Crippen LogP contribution in [0.25, 0.3) is 0 Å². The average Bonchev–Trinajstić information content (AvgIpc) is 2.83. The first-order chi connectivity index (χ1) is 16.3. The molecular weight excluding hydrogens is 479 g/mol. The summed E-state index contributed by atoms with van der Waals surface area (Å²) < 4.78 is 64.9. The Kier molecular flexibility index (Phi) is 7.54. The molecule has 35 heavy (non-hydrogen) atoms. The molecule has 0 saturated carbocycles. The Morgan fingerprint density at radius 2 is 1.74 bits per heavy atom. The minimum Gasteiger partial charge on any atom is -0.339 e. The number of carbonyl (C=O) groups excluding carboxylic acids is 1. The maximum Gasteiger partial charge on any atom is 0.416 e. The summed E-state index contributed by atoms with van der Waals surface area (Å²) >= 11 is 0. The van der Waals surface area contributed by atoms with E-state index in [1.165, 1.54) is 19.9 Å². The van der Waals surface area contributed by atoms with E-state index in [-0.39, 0.29) is 16.7 Å². The van der Waals surface area contributed by atoms with Gasteiger partial charge in [0.05, 0.1) is 26.5 Å². The number of hydrogen-bond acceptors (Lipinski definition) is 5. The Labute approximate surface area is 203 Å². The Morgan fingerprint density at radius 3 is 2.31 bits per heavy atom. The lowest BCUT2D eigenvalue weighted by Crippen LogP contribution is -2.47. The van der Waals surface area contributed by atoms with Crippen LogP contribution in [-0.4, -0.2) is 50.0 Å². The van der Waals surface area contributed by atoms with Crippen molar-refractivity contribution >= 4 is 40.1 Å². The van der Waals surface area contributed by atoms with Crippen molar-refractivity contribution in [3.8, 4) is 0 Å². The first kappa shape index (κ1) is 26.6. The van der Waals surface area contributed by atoms with Crippen LogP contribution in [0.3, 0.4) is 0 Å². The van der Waals surface area contributed by atoms with Gasteiger partial charge in [-0.05, 0) is 76.6 Å². The van der Waals surface area contributed by atoms with Crippen molar-refractivity contribution in [2.45, 2.75) is 49.4 Å². The Morgan fingerprint density at radius 1 is 1.11 bits per heavy atom. The van der Waals surface area contributed by atoms with E-state index in [4.69, 9.17) is 0 Å². The van der Waals surface area contributed by atoms with Gasteiger partial charge in [-0.15, -0.1) is 0 Å². The lowest BCUT2D eigenvalue weighted by atomic mass is 9.85. The molecule has 0 N–H and O–H groups in total. The molecule has 0 aromatic heterocycles. The van der Waals surface area contributed by atoms with Crippen molar-refractivity contribution in [1.29, 1.82) is 0 Å². The molecule has 0 spiro atoms. The lowest BCUT2D eigenvalue weighted by molar-refractivity contribution is -0.137. The van der Waals surface area contributed by atoms with Gasteiger partial charge in [0.1, 0.15) is 5.69 Å². The van der Waals surface area contributed by atoms with Crippen LogP contribution in [0.4, 0.5) is 24.5 Å². The Hall–Kier alpha value is -3.01. The summed E-state index contributed by atoms with van der Waals surface area (Å²) in [6, 6.07) is 8.91. The summed E-state index contributed by atoms with van der Waals surface area (Å²) in [7, 11) is -4.08. The molecule has 1 aliphatic rings. The first-order valence-corrected chi connectivity index (χ1v) is 12.6. The molecule has 1 fully saturated rings. The third-order valence-electron chi connectivity index (χ3n) is 6.60. The van der Waals surface area contributed by atoms with E-state index in [1.807, 2.05) is 0 Å². The largest absolute Gasteiger partial charge is 0.416 e. The molecule has 6 nitrogen and oxygen atoms in total. The number of halogens is 3. The molecule has 1 aliphatic heterocycles. The fourth-order valence-corrected chi connectivity index (χ4v) is 6.23. The number of para-hydroxylation sites is 1. The van der Waals surface area contributed by atoms with Crippen LogP contribution in [0.15, 0.2) is 57.3 Å². The number of likely N-dealkylation sites (tertiary alicyclic amines) is 1. The molecule has 10 heteroatoms. The highest BCUT2D eigenvalue weighted by Crippen LogP contribution is 2.40. The van der Waals surface area contributed by atoms with Gasteiger partial charge in [0, 0.05) is 19.3 Å². The number of benzene rings is 2. The van der Waals surface area contributed by atoms with E-state index in [0.717, 1.165) is 12.1 Å². The predicted molar refractivity (Wildman–Crippen MR) is 131 cm³/mol. The minimum absolute atomic E-state index is 0.243. The van der Waals surface area contributed by atoms with Gasteiger partial charge in [0.25, 0.3) is 5.91 Å². The zero-order valence-electron chi connectivity index (χ0n) is 19.8. The fraction of sp³-hybridized carbons (Fsp3) is 0.400. The SMILES string of the molecule is C=Nc1cccc(C(=O)N2CCC(C(C)(C)S(=O)(=O)c3cccc(C(F)(F)F)c3)CC2)c1N=CC. The molecule has 3 rings (SSSR count). The van der Waals surface area contributed by atoms with Crippen molar-refractivity contribution in [3.63, 3.8) is 0 Å². The number of hydrogen-bond donors (Lipinski definition) is 0. The molecule has 1 heterocycles. The quantitative estimate of drug-likeness (QED) is 0.459. The number of piperidine rings is 1. The van der Waals surface area contributed by atoms with Crippen LogP contribution in [-0.2, 0) is 16.0 Å². The van der Waals surface area contributed by atoms with E-state index in [9.17, 15) is 26.4 Å². The molecule has 2 aromatic rings. The van der Waals surface area contributed by atoms with E-state index >= 15 is 0 Å². The lowest BCUT2D eigenvalue weighted by Gasteiger charge is -2.40. The van der Waals surface area contributed by atoms with Crippen LogP contribution >= 0.6 is 0 Å². The summed E-state index contributed by atoms with van der Waals surface area (Å²) in [6.07, 6.45) is -2.29. The molecule has 0 aliphatic carbocycles. The summed E-state index contributed by atoms with van der Waals surface area (Å²) in [6.45, 7) is 8.95. The van der Waals surface area contributed by atoms with E-state index in [0.29, 0.717) is 48.9 Å². The maximum absolute atomic E-state index is 13.4. The minimum atomic E-state index is -4.64. The standard InChI is InChI=1S/C25H28F3N3O3S/c1-5-30-22-20(10-7-11-21(22)29-4)23(32)31-14-12-17(13-15-31)24(2,3)35(33,34)19-9-6-8-18(16-19)25(26,27)28/h5-11,16-17H,4,12-15H2,1-3H3. The third kappa shape index (κ3) is 5.17. The number of amides is 1. The molecule has 0 atom stereocenters. The van der Waals surface area contributed by atoms with Gasteiger partial charge in [-0.1, -0.05) is 12.1 Å². The molecule has 0 radical (unpaired) electrons. The highest BCUT2D eigenvalue weighted by Gasteiger charge is 2.45. The highest BCUT2D eigenvalue weighted by molar-refractivity contribution is 7.92. The highest BCUT2D eigenvalue weighted by atomic mass is 32.2. The van der Waals surface area contributed by atoms with Crippen molar-refractivity contribution in [3.05, 3.63) is 53.6 Å². The average molecular weight is 508 g/mol. The molecule has 1 amide bonds. The smallest absolute Gasteiger partial charge is 0.339 e. The van der Waals surface area contributed by atoms with Crippen LogP contribution in [0.2, 0.25) is 0 Å². The molecule has 188 valence electrons. The first-order valence-electron chi connectivity index (χ1n) is 11.1. The summed E-state index contributed by atoms with van der Waals surface area (Å²) in [5.41, 5.74) is 0.278. The van der Waals surface area contributed by atoms with E-state index < -0.39 is 26.3 Å². The number of alkyl halides is 3. The molecule has 2 aromatic carbocycles. The van der Waals surface area contributed by atoms with E-state index in [1.54, 1.807) is 36.2 Å². The molecule has 0 unspecified atom stereocenters. The monoisotopic (exact) mass is 507 g/mol. The van der Waals surface area contributed by atoms with Gasteiger partial charge in [0.2, 0.25) is 0 Å². The van der Waals surface area contributed by atoms with Crippen molar-refractivity contribution in [2.24, 2.45) is 15.9 Å². The summed E-state index contributed by atoms with van der Waals surface area (Å²) in [5, 5.41) is 0. The maximum atomic E-state index is 13.4. The number of carbonyl (C=O) groups is 1. The molecule has 0 bridgehead atoms. The number of rotatable bonds is 6. The zero-order chi connectivity index (χ0) is 26.0. The summed E-state index contributed by atoms with van der Waals surface area (Å²) in [4.78, 5) is 22.7. The second kappa shape index (κ2) is 9.93. The molecular formula is C25H28F3N3O3S. The van der Waals surface area contributed by atoms with Crippen LogP contribution in [0.5, 0.6) is 0 Å². The van der Waals surface area contributed by atoms with Crippen molar-refractivity contribution < 1.29 is 26.4 Å². The van der Waals surface area contributed by atoms with Gasteiger partial charge in [-0.2, -0.15) is 13.2 Å². The third-order valence-corrected chi connectivity index (χ3v) is 9.20. The number of sulfone groups is 1. The van der Waals surface area contributed by atoms with Gasteiger partial charge in [-0.25, -0.2) is 8.42 Å². The fourth-order valence-electron chi connectivity index (χ4n) is 4.41. The van der Waals surface area contributed by atoms with Crippen molar-refractivity contribution in [2.75, 3.05) is 13.1 Å². The van der Waals surface area contributed by atoms with Crippen LogP contribution < -0.4 is 0 Å². The number of aliphatic imine (C=N–C) groups is 2. The number of nitrogens with zero attached hydrogens (tertiary/aromatic N) is 3. The second-order valence-corrected chi connectivity index (χ2v) is 11.4. The van der Waals surface area contributed by atoms with Gasteiger partial charge in [-0.3, -0.25) is 14.8 Å². The van der Waals surface area contributed by atoms with Crippen molar-refractivity contribution in [1.82, 2.24) is 4.90 Å². The Bertz CT molecular complexity index is 1250. The molecule has 1 saturated heterocycles. The van der Waals surface area contributed by atoms with Gasteiger partial charge < -0.3 is 4.90 Å².